The summed E-state index contributed by atoms with van der Waals surface area (Å²) in [4.78, 5) is 14.1. The predicted molar refractivity (Wildman–Crippen MR) is 154 cm³/mol. The first kappa shape index (κ1) is 28.5. The summed E-state index contributed by atoms with van der Waals surface area (Å²) in [5, 5.41) is 23.5. The third-order valence-electron chi connectivity index (χ3n) is 7.05. The lowest BCUT2D eigenvalue weighted by Crippen LogP contribution is -2.26. The third kappa shape index (κ3) is 6.19. The van der Waals surface area contributed by atoms with Crippen LogP contribution in [0.25, 0.3) is 0 Å². The standard InChI is InChI=1S/C28H34ClN5O2S2/c1-7-34-25(17(3)36-22-11-9-19(29)12-16(22)2)32-33-27(34)37-15-24(35)31-26-21(14-30)20-10-8-18(28(4,5)6)13-23(20)38-26/h9,11-12,17-18H,7-8,10,13,15H2,1-6H3,(H,31,35). The Morgan fingerprint density at radius 1 is 1.39 bits per heavy atom. The van der Waals surface area contributed by atoms with Crippen LogP contribution in [0.1, 0.15) is 74.5 Å². The van der Waals surface area contributed by atoms with E-state index in [0.29, 0.717) is 39.0 Å². The van der Waals surface area contributed by atoms with Gasteiger partial charge >= 0.3 is 0 Å². The number of nitrogens with one attached hydrogen (secondary N) is 1. The predicted octanol–water partition coefficient (Wildman–Crippen LogP) is 7.21. The summed E-state index contributed by atoms with van der Waals surface area (Å²) in [6.07, 6.45) is 2.58. The Hall–Kier alpha value is -2.54. The minimum atomic E-state index is -0.335. The van der Waals surface area contributed by atoms with Gasteiger partial charge in [-0.2, -0.15) is 5.26 Å². The summed E-state index contributed by atoms with van der Waals surface area (Å²) in [5.41, 5.74) is 2.90. The molecule has 0 saturated heterocycles. The van der Waals surface area contributed by atoms with Crippen molar-refractivity contribution < 1.29 is 9.53 Å². The number of carbonyl (C=O) groups is 1. The summed E-state index contributed by atoms with van der Waals surface area (Å²) in [7, 11) is 0. The molecule has 38 heavy (non-hydrogen) atoms. The Bertz CT molecular complexity index is 1370. The molecule has 2 atom stereocenters. The molecule has 0 spiro atoms. The first-order chi connectivity index (χ1) is 18.0. The number of carbonyl (C=O) groups excluding carboxylic acids is 1. The Balaban J connectivity index is 1.41. The fourth-order valence-electron chi connectivity index (χ4n) is 4.82. The lowest BCUT2D eigenvalue weighted by molar-refractivity contribution is -0.113. The zero-order chi connectivity index (χ0) is 27.6. The molecule has 0 bridgehead atoms. The normalized spacial score (nSPS) is 16.0. The van der Waals surface area contributed by atoms with E-state index in [9.17, 15) is 10.1 Å². The Morgan fingerprint density at radius 2 is 2.16 bits per heavy atom. The summed E-state index contributed by atoms with van der Waals surface area (Å²) >= 11 is 8.95. The average Bonchev–Trinajstić information content (AvgIpc) is 3.43. The molecule has 2 heterocycles. The number of amides is 1. The zero-order valence-corrected chi connectivity index (χ0v) is 25.1. The van der Waals surface area contributed by atoms with Crippen molar-refractivity contribution in [3.8, 4) is 11.8 Å². The molecule has 0 radical (unpaired) electrons. The van der Waals surface area contributed by atoms with E-state index in [1.165, 1.54) is 16.6 Å². The van der Waals surface area contributed by atoms with Gasteiger partial charge in [-0.3, -0.25) is 4.79 Å². The molecule has 0 saturated carbocycles. The zero-order valence-electron chi connectivity index (χ0n) is 22.7. The van der Waals surface area contributed by atoms with Crippen molar-refractivity contribution in [2.75, 3.05) is 11.1 Å². The van der Waals surface area contributed by atoms with Gasteiger partial charge in [-0.15, -0.1) is 21.5 Å². The second-order valence-electron chi connectivity index (χ2n) is 10.7. The van der Waals surface area contributed by atoms with Crippen molar-refractivity contribution in [1.29, 1.82) is 5.26 Å². The van der Waals surface area contributed by atoms with E-state index in [4.69, 9.17) is 16.3 Å². The fraction of sp³-hybridized carbons (Fsp3) is 0.500. The maximum Gasteiger partial charge on any atom is 0.235 e. The van der Waals surface area contributed by atoms with E-state index < -0.39 is 0 Å². The molecule has 1 aliphatic rings. The van der Waals surface area contributed by atoms with Gasteiger partial charge in [0.1, 0.15) is 16.8 Å². The quantitative estimate of drug-likeness (QED) is 0.287. The second-order valence-corrected chi connectivity index (χ2v) is 13.2. The molecule has 3 aromatic rings. The van der Waals surface area contributed by atoms with Crippen LogP contribution in [0.5, 0.6) is 5.75 Å². The maximum atomic E-state index is 12.9. The molecule has 2 aromatic heterocycles. The number of ether oxygens (including phenoxy) is 1. The number of thiophene rings is 1. The van der Waals surface area contributed by atoms with Crippen LogP contribution in [-0.4, -0.2) is 26.4 Å². The van der Waals surface area contributed by atoms with E-state index in [0.717, 1.165) is 36.1 Å². The molecule has 10 heteroatoms. The maximum absolute atomic E-state index is 12.9. The first-order valence-electron chi connectivity index (χ1n) is 12.8. The van der Waals surface area contributed by atoms with Crippen molar-refractivity contribution in [2.24, 2.45) is 11.3 Å². The van der Waals surface area contributed by atoms with Crippen molar-refractivity contribution >= 4 is 45.6 Å². The van der Waals surface area contributed by atoms with Gasteiger partial charge in [0.25, 0.3) is 0 Å². The molecule has 0 aliphatic heterocycles. The van der Waals surface area contributed by atoms with Crippen LogP contribution in [0.15, 0.2) is 23.4 Å². The highest BCUT2D eigenvalue weighted by molar-refractivity contribution is 7.99. The summed E-state index contributed by atoms with van der Waals surface area (Å²) in [6, 6.07) is 7.84. The van der Waals surface area contributed by atoms with Gasteiger partial charge in [-0.1, -0.05) is 44.1 Å². The first-order valence-corrected chi connectivity index (χ1v) is 15.0. The van der Waals surface area contributed by atoms with Crippen LogP contribution in [0.2, 0.25) is 5.02 Å². The van der Waals surface area contributed by atoms with Crippen molar-refractivity contribution in [3.05, 3.63) is 50.6 Å². The summed E-state index contributed by atoms with van der Waals surface area (Å²) in [6.45, 7) is 13.3. The van der Waals surface area contributed by atoms with E-state index in [-0.39, 0.29) is 23.2 Å². The van der Waals surface area contributed by atoms with Crippen LogP contribution in [0.4, 0.5) is 5.00 Å². The largest absolute Gasteiger partial charge is 0.482 e. The molecule has 2 unspecified atom stereocenters. The highest BCUT2D eigenvalue weighted by Crippen LogP contribution is 2.44. The van der Waals surface area contributed by atoms with Gasteiger partial charge in [-0.25, -0.2) is 0 Å². The molecule has 1 amide bonds. The van der Waals surface area contributed by atoms with Crippen molar-refractivity contribution in [3.63, 3.8) is 0 Å². The number of hydrogen-bond donors (Lipinski definition) is 1. The number of aryl methyl sites for hydroxylation is 1. The number of anilines is 1. The number of nitriles is 1. The molecule has 1 aromatic carbocycles. The van der Waals surface area contributed by atoms with E-state index >= 15 is 0 Å². The van der Waals surface area contributed by atoms with Crippen LogP contribution in [-0.2, 0) is 24.2 Å². The number of rotatable bonds is 8. The number of thioether (sulfide) groups is 1. The molecule has 202 valence electrons. The minimum absolute atomic E-state index is 0.161. The molecule has 1 N–H and O–H groups in total. The number of halogens is 1. The molecular weight excluding hydrogens is 538 g/mol. The smallest absolute Gasteiger partial charge is 0.235 e. The number of aromatic nitrogens is 3. The van der Waals surface area contributed by atoms with Gasteiger partial charge < -0.3 is 14.6 Å². The van der Waals surface area contributed by atoms with Crippen molar-refractivity contribution in [1.82, 2.24) is 14.8 Å². The Kier molecular flexibility index (Phi) is 8.75. The van der Waals surface area contributed by atoms with Gasteiger partial charge in [0, 0.05) is 16.4 Å². The number of hydrogen-bond acceptors (Lipinski definition) is 7. The van der Waals surface area contributed by atoms with Crippen LogP contribution in [0.3, 0.4) is 0 Å². The number of fused-ring (bicyclic) bond motifs is 1. The molecular formula is C28H34ClN5O2S2. The van der Waals surface area contributed by atoms with Crippen molar-refractivity contribution in [2.45, 2.75) is 78.6 Å². The minimum Gasteiger partial charge on any atom is -0.482 e. The van der Waals surface area contributed by atoms with Gasteiger partial charge in [0.15, 0.2) is 17.1 Å². The Morgan fingerprint density at radius 3 is 2.82 bits per heavy atom. The molecule has 1 aliphatic carbocycles. The topological polar surface area (TPSA) is 92.8 Å². The highest BCUT2D eigenvalue weighted by atomic mass is 35.5. The van der Waals surface area contributed by atoms with Crippen LogP contribution < -0.4 is 10.1 Å². The lowest BCUT2D eigenvalue weighted by atomic mass is 9.72. The third-order valence-corrected chi connectivity index (χ3v) is 9.42. The van der Waals surface area contributed by atoms with Crippen LogP contribution >= 0.6 is 34.7 Å². The van der Waals surface area contributed by atoms with E-state index in [1.807, 2.05) is 37.5 Å². The van der Waals surface area contributed by atoms with Gasteiger partial charge in [0.2, 0.25) is 5.91 Å². The summed E-state index contributed by atoms with van der Waals surface area (Å²) < 4.78 is 8.10. The van der Waals surface area contributed by atoms with Crippen LogP contribution in [0, 0.1) is 29.6 Å². The SMILES string of the molecule is CCn1c(SCC(=O)Nc2sc3c(c2C#N)CCC(C(C)(C)C)C3)nnc1C(C)Oc1ccc(Cl)cc1C. The monoisotopic (exact) mass is 571 g/mol. The van der Waals surface area contributed by atoms with Gasteiger partial charge in [-0.05, 0) is 80.7 Å². The van der Waals surface area contributed by atoms with E-state index in [1.54, 1.807) is 17.4 Å². The number of nitrogens with zero attached hydrogens (tertiary/aromatic N) is 4. The molecule has 0 fully saturated rings. The lowest BCUT2D eigenvalue weighted by Gasteiger charge is -2.33. The number of benzene rings is 1. The molecule has 7 nitrogen and oxygen atoms in total. The van der Waals surface area contributed by atoms with E-state index in [2.05, 4.69) is 42.4 Å². The fourth-order valence-corrected chi connectivity index (χ4v) is 7.15. The second kappa shape index (κ2) is 11.7. The summed E-state index contributed by atoms with van der Waals surface area (Å²) in [5.74, 6) is 2.01. The molecule has 4 rings (SSSR count). The Labute approximate surface area is 237 Å². The average molecular weight is 572 g/mol. The van der Waals surface area contributed by atoms with Gasteiger partial charge in [0.05, 0.1) is 11.3 Å². The highest BCUT2D eigenvalue weighted by Gasteiger charge is 2.32.